The van der Waals surface area contributed by atoms with E-state index in [-0.39, 0.29) is 12.0 Å². The van der Waals surface area contributed by atoms with E-state index in [0.717, 1.165) is 5.56 Å². The highest BCUT2D eigenvalue weighted by Crippen LogP contribution is 2.16. The molecule has 0 radical (unpaired) electrons. The van der Waals surface area contributed by atoms with Crippen molar-refractivity contribution < 1.29 is 13.9 Å². The van der Waals surface area contributed by atoms with E-state index in [1.807, 2.05) is 36.6 Å². The van der Waals surface area contributed by atoms with Crippen molar-refractivity contribution in [1.82, 2.24) is 5.32 Å². The first kappa shape index (κ1) is 16.4. The smallest absolute Gasteiger partial charge is 0.244 e. The molecule has 1 N–H and O–H groups in total. The van der Waals surface area contributed by atoms with Gasteiger partial charge in [0.2, 0.25) is 5.91 Å². The number of hydrogen-bond donors (Lipinski definition) is 1. The summed E-state index contributed by atoms with van der Waals surface area (Å²) in [5.41, 5.74) is 0.988. The fraction of sp³-hybridized carbons (Fsp3) is 0.235. The van der Waals surface area contributed by atoms with Crippen LogP contribution < -0.4 is 5.32 Å². The molecule has 1 heterocycles. The molecule has 0 aliphatic rings. The van der Waals surface area contributed by atoms with Gasteiger partial charge in [-0.3, -0.25) is 4.79 Å². The van der Waals surface area contributed by atoms with Gasteiger partial charge in [-0.1, -0.05) is 12.1 Å². The number of benzene rings is 1. The Hall–Kier alpha value is -1.98. The molecule has 0 aliphatic heterocycles. The molecule has 2 aromatic rings. The Morgan fingerprint density at radius 1 is 1.36 bits per heavy atom. The fourth-order valence-electron chi connectivity index (χ4n) is 1.91. The third kappa shape index (κ3) is 4.79. The molecule has 4 nitrogen and oxygen atoms in total. The summed E-state index contributed by atoms with van der Waals surface area (Å²) >= 11 is 1.69. The maximum Gasteiger partial charge on any atom is 0.244 e. The standard InChI is InChI=1S/C17H19NO3S/c1-20-16(15-4-3-11-21-15)12-18-17(19)10-7-13-5-8-14(22-2)9-6-13/h3-11,16H,12H2,1-2H3,(H,18,19)/b10-7+/t16-/m1/s1. The van der Waals surface area contributed by atoms with Gasteiger partial charge in [0.15, 0.2) is 0 Å². The molecule has 5 heteroatoms. The first-order valence-corrected chi connectivity index (χ1v) is 8.11. The van der Waals surface area contributed by atoms with Crippen LogP contribution in [0.3, 0.4) is 0 Å². The van der Waals surface area contributed by atoms with Crippen molar-refractivity contribution in [2.75, 3.05) is 19.9 Å². The van der Waals surface area contributed by atoms with Crippen molar-refractivity contribution in [2.45, 2.75) is 11.0 Å². The molecular weight excluding hydrogens is 298 g/mol. The second-order valence-electron chi connectivity index (χ2n) is 4.59. The van der Waals surface area contributed by atoms with Crippen LogP contribution in [0.5, 0.6) is 0 Å². The Labute approximate surface area is 134 Å². The first-order chi connectivity index (χ1) is 10.7. The van der Waals surface area contributed by atoms with Gasteiger partial charge in [-0.15, -0.1) is 11.8 Å². The lowest BCUT2D eigenvalue weighted by Crippen LogP contribution is -2.27. The van der Waals surface area contributed by atoms with E-state index in [1.165, 1.54) is 11.0 Å². The van der Waals surface area contributed by atoms with E-state index in [9.17, 15) is 4.79 Å². The predicted molar refractivity (Wildman–Crippen MR) is 88.7 cm³/mol. The van der Waals surface area contributed by atoms with Gasteiger partial charge < -0.3 is 14.5 Å². The van der Waals surface area contributed by atoms with E-state index in [2.05, 4.69) is 5.32 Å². The first-order valence-electron chi connectivity index (χ1n) is 6.89. The molecular formula is C17H19NO3S. The molecule has 1 aromatic heterocycles. The number of furan rings is 1. The molecule has 1 aromatic carbocycles. The van der Waals surface area contributed by atoms with Gasteiger partial charge >= 0.3 is 0 Å². The van der Waals surface area contributed by atoms with E-state index in [4.69, 9.17) is 9.15 Å². The highest BCUT2D eigenvalue weighted by atomic mass is 32.2. The van der Waals surface area contributed by atoms with Crippen molar-refractivity contribution in [3.8, 4) is 0 Å². The molecule has 22 heavy (non-hydrogen) atoms. The Kier molecular flexibility index (Phi) is 6.30. The van der Waals surface area contributed by atoms with Crippen LogP contribution in [0.1, 0.15) is 17.4 Å². The minimum atomic E-state index is -0.284. The highest BCUT2D eigenvalue weighted by Gasteiger charge is 2.13. The van der Waals surface area contributed by atoms with Crippen LogP contribution in [0, 0.1) is 0 Å². The van der Waals surface area contributed by atoms with Crippen molar-refractivity contribution in [2.24, 2.45) is 0 Å². The van der Waals surface area contributed by atoms with Crippen LogP contribution in [0.25, 0.3) is 6.08 Å². The Morgan fingerprint density at radius 3 is 2.73 bits per heavy atom. The lowest BCUT2D eigenvalue weighted by Gasteiger charge is -2.12. The second kappa shape index (κ2) is 8.46. The molecule has 0 saturated heterocycles. The van der Waals surface area contributed by atoms with Crippen LogP contribution in [0.4, 0.5) is 0 Å². The lowest BCUT2D eigenvalue weighted by atomic mass is 10.2. The minimum Gasteiger partial charge on any atom is -0.467 e. The number of carbonyl (C=O) groups excluding carboxylic acids is 1. The molecule has 1 atom stereocenters. The summed E-state index contributed by atoms with van der Waals surface area (Å²) in [7, 11) is 1.59. The zero-order valence-corrected chi connectivity index (χ0v) is 13.4. The minimum absolute atomic E-state index is 0.164. The molecule has 0 unspecified atom stereocenters. The zero-order chi connectivity index (χ0) is 15.8. The predicted octanol–water partition coefficient (Wildman–Crippen LogP) is 3.52. The molecule has 116 valence electrons. The number of methoxy groups -OCH3 is 1. The van der Waals surface area contributed by atoms with Crippen molar-refractivity contribution in [1.29, 1.82) is 0 Å². The quantitative estimate of drug-likeness (QED) is 0.627. The van der Waals surface area contributed by atoms with Gasteiger partial charge in [-0.25, -0.2) is 0 Å². The molecule has 0 spiro atoms. The van der Waals surface area contributed by atoms with Gasteiger partial charge in [0.1, 0.15) is 11.9 Å². The maximum absolute atomic E-state index is 11.8. The summed E-state index contributed by atoms with van der Waals surface area (Å²) in [6, 6.07) is 11.6. The van der Waals surface area contributed by atoms with Gasteiger partial charge in [-0.05, 0) is 42.2 Å². The van der Waals surface area contributed by atoms with Crippen molar-refractivity contribution in [3.63, 3.8) is 0 Å². The number of hydrogen-bond acceptors (Lipinski definition) is 4. The van der Waals surface area contributed by atoms with Crippen molar-refractivity contribution >= 4 is 23.7 Å². The summed E-state index contributed by atoms with van der Waals surface area (Å²) < 4.78 is 10.6. The number of ether oxygens (including phenoxy) is 1. The summed E-state index contributed by atoms with van der Waals surface area (Å²) in [5, 5.41) is 2.80. The van der Waals surface area contributed by atoms with Gasteiger partial charge in [0.25, 0.3) is 0 Å². The van der Waals surface area contributed by atoms with Crippen LogP contribution in [0.2, 0.25) is 0 Å². The van der Waals surface area contributed by atoms with E-state index < -0.39 is 0 Å². The number of rotatable bonds is 7. The molecule has 0 saturated carbocycles. The van der Waals surface area contributed by atoms with Crippen LogP contribution in [0.15, 0.2) is 58.1 Å². The van der Waals surface area contributed by atoms with Crippen LogP contribution in [-0.4, -0.2) is 25.8 Å². The topological polar surface area (TPSA) is 51.5 Å². The van der Waals surface area contributed by atoms with Gasteiger partial charge in [0, 0.05) is 18.1 Å². The highest BCUT2D eigenvalue weighted by molar-refractivity contribution is 7.98. The lowest BCUT2D eigenvalue weighted by molar-refractivity contribution is -0.117. The maximum atomic E-state index is 11.8. The average Bonchev–Trinajstić information content (AvgIpc) is 3.08. The van der Waals surface area contributed by atoms with E-state index in [0.29, 0.717) is 12.3 Å². The molecule has 2 rings (SSSR count). The second-order valence-corrected chi connectivity index (χ2v) is 5.47. The fourth-order valence-corrected chi connectivity index (χ4v) is 2.32. The van der Waals surface area contributed by atoms with Gasteiger partial charge in [0.05, 0.1) is 12.8 Å². The molecule has 0 aliphatic carbocycles. The Bertz CT molecular complexity index is 605. The van der Waals surface area contributed by atoms with Crippen LogP contribution >= 0.6 is 11.8 Å². The van der Waals surface area contributed by atoms with Crippen molar-refractivity contribution in [3.05, 3.63) is 60.1 Å². The number of thioether (sulfide) groups is 1. The van der Waals surface area contributed by atoms with E-state index >= 15 is 0 Å². The monoisotopic (exact) mass is 317 g/mol. The largest absolute Gasteiger partial charge is 0.467 e. The van der Waals surface area contributed by atoms with E-state index in [1.54, 1.807) is 37.3 Å². The number of nitrogens with one attached hydrogen (secondary N) is 1. The average molecular weight is 317 g/mol. The Morgan fingerprint density at radius 2 is 2.14 bits per heavy atom. The third-order valence-electron chi connectivity index (χ3n) is 3.15. The Balaban J connectivity index is 1.85. The SMILES string of the molecule is CO[C@H](CNC(=O)/C=C/c1ccc(SC)cc1)c1ccco1. The third-order valence-corrected chi connectivity index (χ3v) is 3.89. The zero-order valence-electron chi connectivity index (χ0n) is 12.6. The summed E-state index contributed by atoms with van der Waals surface area (Å²) in [5.74, 6) is 0.530. The van der Waals surface area contributed by atoms with Gasteiger partial charge in [-0.2, -0.15) is 0 Å². The molecule has 1 amide bonds. The van der Waals surface area contributed by atoms with Crippen LogP contribution in [-0.2, 0) is 9.53 Å². The molecule has 0 fully saturated rings. The normalized spacial score (nSPS) is 12.5. The number of amides is 1. The summed E-state index contributed by atoms with van der Waals surface area (Å²) in [4.78, 5) is 13.0. The summed E-state index contributed by atoms with van der Waals surface area (Å²) in [6.07, 6.45) is 6.63. The number of carbonyl (C=O) groups is 1. The molecule has 0 bridgehead atoms. The summed E-state index contributed by atoms with van der Waals surface area (Å²) in [6.45, 7) is 0.360.